The van der Waals surface area contributed by atoms with Gasteiger partial charge in [-0.1, -0.05) is 0 Å². The van der Waals surface area contributed by atoms with Crippen LogP contribution >= 0.6 is 19.2 Å². The van der Waals surface area contributed by atoms with Crippen molar-refractivity contribution in [3.63, 3.8) is 0 Å². The van der Waals surface area contributed by atoms with Gasteiger partial charge in [0.1, 0.15) is 18.0 Å². The average Bonchev–Trinajstić information content (AvgIpc) is 3.35. The van der Waals surface area contributed by atoms with E-state index in [9.17, 15) is 23.2 Å². The predicted octanol–water partition coefficient (Wildman–Crippen LogP) is -0.139. The fourth-order valence-corrected chi connectivity index (χ4v) is 6.89. The number of fused-ring (bicyclic) bond motifs is 1. The number of anilines is 1. The number of hydrogen-bond donors (Lipinski definition) is 5. The van der Waals surface area contributed by atoms with Gasteiger partial charge in [0, 0.05) is 6.54 Å². The Bertz CT molecular complexity index is 1150. The third-order valence-electron chi connectivity index (χ3n) is 5.34. The van der Waals surface area contributed by atoms with E-state index in [1.807, 2.05) is 0 Å². The van der Waals surface area contributed by atoms with Crippen LogP contribution in [0, 0.1) is 5.92 Å². The minimum Gasteiger partial charge on any atom is -0.388 e. The second-order valence-electron chi connectivity index (χ2n) is 8.07. The summed E-state index contributed by atoms with van der Waals surface area (Å²) in [5.41, 5.74) is -1.04. The maximum atomic E-state index is 11.9. The Labute approximate surface area is 187 Å². The summed E-state index contributed by atoms with van der Waals surface area (Å²) in [6, 6.07) is 0. The van der Waals surface area contributed by atoms with Crippen molar-refractivity contribution in [3.8, 4) is 0 Å². The molecule has 0 amide bonds. The summed E-state index contributed by atoms with van der Waals surface area (Å²) in [5.74, 6) is 0.417. The molecular formula is C16H23ClN5O8PS. The van der Waals surface area contributed by atoms with E-state index in [0.29, 0.717) is 17.1 Å². The Morgan fingerprint density at radius 1 is 1.25 bits per heavy atom. The van der Waals surface area contributed by atoms with E-state index in [0.717, 1.165) is 19.4 Å². The van der Waals surface area contributed by atoms with Crippen molar-refractivity contribution in [2.75, 3.05) is 23.1 Å². The number of aromatic nitrogens is 4. The highest BCUT2D eigenvalue weighted by atomic mass is 35.5. The lowest BCUT2D eigenvalue weighted by Crippen LogP contribution is -2.32. The second-order valence-corrected chi connectivity index (χ2v) is 12.7. The molecule has 16 heteroatoms. The highest BCUT2D eigenvalue weighted by Gasteiger charge is 2.45. The minimum absolute atomic E-state index is 0.0503. The Morgan fingerprint density at radius 3 is 2.62 bits per heavy atom. The lowest BCUT2D eigenvalue weighted by molar-refractivity contribution is -0.0423. The van der Waals surface area contributed by atoms with Crippen LogP contribution in [0.1, 0.15) is 25.5 Å². The molecule has 4 atom stereocenters. The zero-order valence-electron chi connectivity index (χ0n) is 16.7. The van der Waals surface area contributed by atoms with Gasteiger partial charge in [0.25, 0.3) is 0 Å². The average molecular weight is 512 g/mol. The summed E-state index contributed by atoms with van der Waals surface area (Å²) in [6.45, 7) is 0.722. The van der Waals surface area contributed by atoms with Crippen LogP contribution in [0.2, 0.25) is 5.28 Å². The van der Waals surface area contributed by atoms with E-state index in [1.54, 1.807) is 0 Å². The maximum Gasteiger partial charge on any atom is 0.340 e. The molecule has 178 valence electrons. The summed E-state index contributed by atoms with van der Waals surface area (Å²) in [4.78, 5) is 26.1. The third-order valence-corrected chi connectivity index (χ3v) is 9.28. The molecule has 0 aromatic carbocycles. The molecule has 0 spiro atoms. The van der Waals surface area contributed by atoms with E-state index in [-0.39, 0.29) is 17.4 Å². The molecule has 0 unspecified atom stereocenters. The van der Waals surface area contributed by atoms with Crippen molar-refractivity contribution in [3.05, 3.63) is 11.5 Å². The molecule has 1 saturated carbocycles. The molecule has 1 saturated heterocycles. The van der Waals surface area contributed by atoms with E-state index in [1.165, 1.54) is 10.9 Å². The normalized spacial score (nSPS) is 26.7. The van der Waals surface area contributed by atoms with Gasteiger partial charge in [-0.3, -0.25) is 4.57 Å². The molecule has 32 heavy (non-hydrogen) atoms. The fourth-order valence-electron chi connectivity index (χ4n) is 3.57. The summed E-state index contributed by atoms with van der Waals surface area (Å²) >= 11 is 6.05. The van der Waals surface area contributed by atoms with Gasteiger partial charge in [0.05, 0.1) is 23.4 Å². The molecule has 13 nitrogen and oxygen atoms in total. The van der Waals surface area contributed by atoms with Crippen LogP contribution in [0.3, 0.4) is 0 Å². The minimum atomic E-state index is -4.76. The predicted molar refractivity (Wildman–Crippen MR) is 113 cm³/mol. The number of halogens is 1. The van der Waals surface area contributed by atoms with Crippen molar-refractivity contribution >= 4 is 45.9 Å². The molecule has 1 aliphatic heterocycles. The topological polar surface area (TPSA) is 197 Å². The Hall–Kier alpha value is -1.38. The van der Waals surface area contributed by atoms with Gasteiger partial charge in [0.2, 0.25) is 5.28 Å². The van der Waals surface area contributed by atoms with Gasteiger partial charge in [-0.2, -0.15) is 15.1 Å². The van der Waals surface area contributed by atoms with E-state index < -0.39 is 53.2 Å². The Kier molecular flexibility index (Phi) is 6.51. The maximum absolute atomic E-state index is 11.9. The first-order valence-electron chi connectivity index (χ1n) is 9.85. The highest BCUT2D eigenvalue weighted by molar-refractivity contribution is 7.97. The largest absolute Gasteiger partial charge is 0.388 e. The molecular weight excluding hydrogens is 489 g/mol. The first-order chi connectivity index (χ1) is 14.9. The van der Waals surface area contributed by atoms with Crippen molar-refractivity contribution in [2.24, 2.45) is 5.92 Å². The lowest BCUT2D eigenvalue weighted by atomic mass is 10.1. The second kappa shape index (κ2) is 8.76. The van der Waals surface area contributed by atoms with Crippen LogP contribution < -0.4 is 5.32 Å². The summed E-state index contributed by atoms with van der Waals surface area (Å²) in [5, 5.41) is 28.7. The number of sulfone groups is 1. The van der Waals surface area contributed by atoms with E-state index in [4.69, 9.17) is 26.1 Å². The molecule has 1 aliphatic carbocycles. The quantitative estimate of drug-likeness (QED) is 0.221. The molecule has 2 aliphatic rings. The summed E-state index contributed by atoms with van der Waals surface area (Å²) in [7, 11) is -8.86. The van der Waals surface area contributed by atoms with Gasteiger partial charge in [0.15, 0.2) is 27.2 Å². The van der Waals surface area contributed by atoms with Crippen molar-refractivity contribution < 1.29 is 37.7 Å². The monoisotopic (exact) mass is 511 g/mol. The van der Waals surface area contributed by atoms with Gasteiger partial charge < -0.3 is 30.1 Å². The van der Waals surface area contributed by atoms with Crippen molar-refractivity contribution in [1.82, 2.24) is 19.7 Å². The molecule has 5 N–H and O–H groups in total. The number of rotatable bonds is 9. The molecule has 0 bridgehead atoms. The Balaban J connectivity index is 1.52. The smallest absolute Gasteiger partial charge is 0.340 e. The zero-order valence-corrected chi connectivity index (χ0v) is 19.1. The van der Waals surface area contributed by atoms with Gasteiger partial charge >= 0.3 is 7.60 Å². The number of ether oxygens (including phenoxy) is 1. The van der Waals surface area contributed by atoms with E-state index in [2.05, 4.69) is 20.4 Å². The van der Waals surface area contributed by atoms with Crippen LogP contribution in [0.15, 0.2) is 6.20 Å². The standard InChI is InChI=1S/C16H23ClN5O8PS/c17-16-20-13(18-5-8-1-2-8)9-6-19-22(14(9)21-16)15-12(24)11(23)10(30-15)3-4-32(28,29)7-31(25,26)27/h6,8,10-12,15,23-24H,1-5,7H2,(H,18,20,21)(H2,25,26,27)/t10-,11-,12-,15-/m1/s1. The van der Waals surface area contributed by atoms with Crippen LogP contribution in [-0.4, -0.2) is 84.3 Å². The molecule has 0 radical (unpaired) electrons. The van der Waals surface area contributed by atoms with E-state index >= 15 is 0 Å². The number of aliphatic hydroxyl groups is 2. The Morgan fingerprint density at radius 2 is 1.97 bits per heavy atom. The van der Waals surface area contributed by atoms with Crippen LogP contribution in [0.4, 0.5) is 5.82 Å². The number of hydrogen-bond acceptors (Lipinski definition) is 10. The first-order valence-corrected chi connectivity index (χ1v) is 13.8. The first kappa shape index (κ1) is 23.8. The van der Waals surface area contributed by atoms with Gasteiger partial charge in [-0.25, -0.2) is 13.1 Å². The molecule has 2 fully saturated rings. The molecule has 2 aromatic rings. The summed E-state index contributed by atoms with van der Waals surface area (Å²) < 4.78 is 41.7. The van der Waals surface area contributed by atoms with Gasteiger partial charge in [-0.05, 0) is 36.8 Å². The third kappa shape index (κ3) is 5.39. The van der Waals surface area contributed by atoms with Crippen LogP contribution in [0.5, 0.6) is 0 Å². The summed E-state index contributed by atoms with van der Waals surface area (Å²) in [6.07, 6.45) is -1.72. The number of nitrogens with zero attached hydrogens (tertiary/aromatic N) is 4. The van der Waals surface area contributed by atoms with Gasteiger partial charge in [-0.15, -0.1) is 0 Å². The van der Waals surface area contributed by atoms with Crippen LogP contribution in [-0.2, 0) is 19.1 Å². The number of nitrogens with one attached hydrogen (secondary N) is 1. The number of aliphatic hydroxyl groups excluding tert-OH is 2. The SMILES string of the molecule is O=P(O)(O)CS(=O)(=O)CC[C@H]1O[C@@H](n2ncc3c(NCC4CC4)nc(Cl)nc32)[C@H](O)[C@@H]1O. The molecule has 3 heterocycles. The molecule has 4 rings (SSSR count). The van der Waals surface area contributed by atoms with Crippen molar-refractivity contribution in [1.29, 1.82) is 0 Å². The zero-order chi connectivity index (χ0) is 23.3. The fraction of sp³-hybridized carbons (Fsp3) is 0.688. The van der Waals surface area contributed by atoms with Crippen LogP contribution in [0.25, 0.3) is 11.0 Å². The lowest BCUT2D eigenvalue weighted by Gasteiger charge is -2.16. The highest BCUT2D eigenvalue weighted by Crippen LogP contribution is 2.38. The molecule has 2 aromatic heterocycles. The van der Waals surface area contributed by atoms with Crippen molar-refractivity contribution in [2.45, 2.75) is 43.8 Å².